The van der Waals surface area contributed by atoms with E-state index in [2.05, 4.69) is 4.98 Å². The monoisotopic (exact) mass is 301 g/mol. The number of benzene rings is 2. The van der Waals surface area contributed by atoms with Gasteiger partial charge in [0.25, 0.3) is 5.56 Å². The summed E-state index contributed by atoms with van der Waals surface area (Å²) >= 11 is 0. The summed E-state index contributed by atoms with van der Waals surface area (Å²) in [6, 6.07) is 9.08. The minimum Gasteiger partial charge on any atom is -0.322 e. The van der Waals surface area contributed by atoms with E-state index in [9.17, 15) is 13.6 Å². The molecule has 0 amide bonds. The van der Waals surface area contributed by atoms with Gasteiger partial charge in [-0.1, -0.05) is 12.1 Å². The van der Waals surface area contributed by atoms with Crippen LogP contribution in [0.4, 0.5) is 8.78 Å². The Hall–Kier alpha value is -2.60. The fourth-order valence-electron chi connectivity index (χ4n) is 2.37. The van der Waals surface area contributed by atoms with Crippen molar-refractivity contribution in [3.05, 3.63) is 70.3 Å². The fourth-order valence-corrected chi connectivity index (χ4v) is 2.37. The summed E-state index contributed by atoms with van der Waals surface area (Å²) in [6.45, 7) is 1.66. The van der Waals surface area contributed by atoms with Crippen LogP contribution in [-0.2, 0) is 0 Å². The molecule has 2 aromatic carbocycles. The summed E-state index contributed by atoms with van der Waals surface area (Å²) in [7, 11) is 0. The molecule has 0 saturated carbocycles. The lowest BCUT2D eigenvalue weighted by atomic mass is 10.2. The quantitative estimate of drug-likeness (QED) is 0.791. The lowest BCUT2D eigenvalue weighted by Gasteiger charge is -2.16. The number of hydrogen-bond acceptors (Lipinski definition) is 3. The minimum absolute atomic E-state index is 0.0630. The van der Waals surface area contributed by atoms with Crippen LogP contribution in [-0.4, -0.2) is 9.55 Å². The molecule has 22 heavy (non-hydrogen) atoms. The Morgan fingerprint density at radius 1 is 1.14 bits per heavy atom. The third kappa shape index (κ3) is 2.37. The molecule has 0 spiro atoms. The average Bonchev–Trinajstić information content (AvgIpc) is 2.46. The topological polar surface area (TPSA) is 60.9 Å². The normalized spacial score (nSPS) is 12.5. The third-order valence-corrected chi connectivity index (χ3v) is 3.31. The van der Waals surface area contributed by atoms with Crippen molar-refractivity contribution in [1.29, 1.82) is 0 Å². The highest BCUT2D eigenvalue weighted by molar-refractivity contribution is 5.77. The van der Waals surface area contributed by atoms with Crippen LogP contribution >= 0.6 is 0 Å². The molecular formula is C16H13F2N3O. The molecule has 2 N–H and O–H groups in total. The van der Waals surface area contributed by atoms with Gasteiger partial charge in [0.05, 0.1) is 22.6 Å². The van der Waals surface area contributed by atoms with Gasteiger partial charge in [0.2, 0.25) is 0 Å². The molecule has 3 rings (SSSR count). The van der Waals surface area contributed by atoms with Crippen LogP contribution in [0.2, 0.25) is 0 Å². The van der Waals surface area contributed by atoms with E-state index in [-0.39, 0.29) is 11.5 Å². The lowest BCUT2D eigenvalue weighted by Crippen LogP contribution is -2.27. The molecule has 0 radical (unpaired) electrons. The van der Waals surface area contributed by atoms with Crippen LogP contribution in [0.25, 0.3) is 16.6 Å². The van der Waals surface area contributed by atoms with Gasteiger partial charge in [-0.25, -0.2) is 13.8 Å². The Labute approximate surface area is 124 Å². The number of para-hydroxylation sites is 1. The van der Waals surface area contributed by atoms with Crippen LogP contribution in [0.5, 0.6) is 0 Å². The van der Waals surface area contributed by atoms with Gasteiger partial charge in [-0.05, 0) is 31.2 Å². The first-order valence-electron chi connectivity index (χ1n) is 6.71. The highest BCUT2D eigenvalue weighted by Gasteiger charge is 2.16. The summed E-state index contributed by atoms with van der Waals surface area (Å²) in [4.78, 5) is 17.1. The van der Waals surface area contributed by atoms with Crippen LogP contribution < -0.4 is 11.3 Å². The Balaban J connectivity index is 2.43. The molecule has 3 aromatic rings. The van der Waals surface area contributed by atoms with E-state index in [1.54, 1.807) is 31.2 Å². The van der Waals surface area contributed by atoms with Crippen molar-refractivity contribution in [3.63, 3.8) is 0 Å². The highest BCUT2D eigenvalue weighted by Crippen LogP contribution is 2.18. The van der Waals surface area contributed by atoms with E-state index in [4.69, 9.17) is 5.73 Å². The number of hydrogen-bond donors (Lipinski definition) is 1. The minimum atomic E-state index is -0.773. The second kappa shape index (κ2) is 5.31. The van der Waals surface area contributed by atoms with Gasteiger partial charge in [0.1, 0.15) is 17.5 Å². The fraction of sp³-hybridized carbons (Fsp3) is 0.125. The second-order valence-electron chi connectivity index (χ2n) is 5.04. The maximum Gasteiger partial charge on any atom is 0.266 e. The van der Waals surface area contributed by atoms with Gasteiger partial charge < -0.3 is 5.73 Å². The van der Waals surface area contributed by atoms with Gasteiger partial charge in [-0.15, -0.1) is 0 Å². The Kier molecular flexibility index (Phi) is 3.46. The van der Waals surface area contributed by atoms with Crippen molar-refractivity contribution in [2.45, 2.75) is 13.0 Å². The molecule has 112 valence electrons. The summed E-state index contributed by atoms with van der Waals surface area (Å²) in [5.41, 5.74) is 6.02. The SMILES string of the molecule is CC(N)c1nc2ccccc2c(=O)n1-c1cc(F)cc(F)c1. The molecular weight excluding hydrogens is 288 g/mol. The first-order valence-corrected chi connectivity index (χ1v) is 6.71. The number of aromatic nitrogens is 2. The Morgan fingerprint density at radius 2 is 1.77 bits per heavy atom. The molecule has 1 unspecified atom stereocenters. The molecule has 6 heteroatoms. The van der Waals surface area contributed by atoms with Gasteiger partial charge in [0, 0.05) is 6.07 Å². The van der Waals surface area contributed by atoms with Crippen LogP contribution in [0.1, 0.15) is 18.8 Å². The van der Waals surface area contributed by atoms with E-state index >= 15 is 0 Å². The maximum absolute atomic E-state index is 13.5. The zero-order chi connectivity index (χ0) is 15.9. The molecule has 0 saturated heterocycles. The standard InChI is InChI=1S/C16H13F2N3O/c1-9(19)15-20-14-5-3-2-4-13(14)16(22)21(15)12-7-10(17)6-11(18)8-12/h2-9H,19H2,1H3. The Morgan fingerprint density at radius 3 is 2.41 bits per heavy atom. The van der Waals surface area contributed by atoms with Crippen molar-refractivity contribution in [2.75, 3.05) is 0 Å². The van der Waals surface area contributed by atoms with E-state index in [0.717, 1.165) is 22.8 Å². The molecule has 0 fully saturated rings. The van der Waals surface area contributed by atoms with E-state index in [0.29, 0.717) is 10.9 Å². The summed E-state index contributed by atoms with van der Waals surface area (Å²) in [5, 5.41) is 0.358. The highest BCUT2D eigenvalue weighted by atomic mass is 19.1. The van der Waals surface area contributed by atoms with E-state index in [1.165, 1.54) is 0 Å². The maximum atomic E-state index is 13.5. The summed E-state index contributed by atoms with van der Waals surface area (Å²) < 4.78 is 28.1. The number of fused-ring (bicyclic) bond motifs is 1. The predicted octanol–water partition coefficient (Wildman–Crippen LogP) is 2.68. The first kappa shape index (κ1) is 14.3. The van der Waals surface area contributed by atoms with Gasteiger partial charge >= 0.3 is 0 Å². The summed E-state index contributed by atoms with van der Waals surface area (Å²) in [6.07, 6.45) is 0. The molecule has 0 bridgehead atoms. The molecule has 1 aromatic heterocycles. The number of halogens is 2. The number of nitrogens with two attached hydrogens (primary N) is 1. The molecule has 0 aliphatic rings. The van der Waals surface area contributed by atoms with Crippen molar-refractivity contribution < 1.29 is 8.78 Å². The zero-order valence-electron chi connectivity index (χ0n) is 11.8. The Bertz CT molecular complexity index is 899. The first-order chi connectivity index (χ1) is 10.5. The molecule has 0 aliphatic heterocycles. The number of rotatable bonds is 2. The van der Waals surface area contributed by atoms with Crippen molar-refractivity contribution in [3.8, 4) is 5.69 Å². The van der Waals surface area contributed by atoms with E-state index < -0.39 is 23.2 Å². The van der Waals surface area contributed by atoms with Gasteiger partial charge in [0.15, 0.2) is 0 Å². The third-order valence-electron chi connectivity index (χ3n) is 3.31. The molecule has 1 atom stereocenters. The molecule has 4 nitrogen and oxygen atoms in total. The molecule has 0 aliphatic carbocycles. The van der Waals surface area contributed by atoms with Gasteiger partial charge in [-0.2, -0.15) is 0 Å². The van der Waals surface area contributed by atoms with Crippen LogP contribution in [0.15, 0.2) is 47.3 Å². The predicted molar refractivity (Wildman–Crippen MR) is 79.9 cm³/mol. The van der Waals surface area contributed by atoms with E-state index in [1.807, 2.05) is 0 Å². The van der Waals surface area contributed by atoms with Crippen LogP contribution in [0, 0.1) is 11.6 Å². The van der Waals surface area contributed by atoms with Crippen molar-refractivity contribution >= 4 is 10.9 Å². The van der Waals surface area contributed by atoms with Crippen LogP contribution in [0.3, 0.4) is 0 Å². The largest absolute Gasteiger partial charge is 0.322 e. The average molecular weight is 301 g/mol. The lowest BCUT2D eigenvalue weighted by molar-refractivity contribution is 0.579. The second-order valence-corrected chi connectivity index (χ2v) is 5.04. The van der Waals surface area contributed by atoms with Crippen molar-refractivity contribution in [1.82, 2.24) is 9.55 Å². The van der Waals surface area contributed by atoms with Gasteiger partial charge in [-0.3, -0.25) is 9.36 Å². The molecule has 1 heterocycles. The number of nitrogens with zero attached hydrogens (tertiary/aromatic N) is 2. The summed E-state index contributed by atoms with van der Waals surface area (Å²) in [5.74, 6) is -1.30. The van der Waals surface area contributed by atoms with Crippen molar-refractivity contribution in [2.24, 2.45) is 5.73 Å². The smallest absolute Gasteiger partial charge is 0.266 e. The zero-order valence-corrected chi connectivity index (χ0v) is 11.8.